The average Bonchev–Trinajstić information content (AvgIpc) is 2.83. The molecule has 8 heteroatoms. The van der Waals surface area contributed by atoms with Crippen LogP contribution in [-0.2, 0) is 16.4 Å². The largest absolute Gasteiger partial charge is 0.497 e. The zero-order valence-electron chi connectivity index (χ0n) is 17.9. The molecule has 0 saturated carbocycles. The van der Waals surface area contributed by atoms with Crippen molar-refractivity contribution in [3.8, 4) is 11.5 Å². The number of ether oxygens (including phenoxy) is 2. The van der Waals surface area contributed by atoms with E-state index in [4.69, 9.17) is 9.47 Å². The van der Waals surface area contributed by atoms with E-state index in [1.165, 1.54) is 18.5 Å². The predicted molar refractivity (Wildman–Crippen MR) is 123 cm³/mol. The number of amides is 1. The van der Waals surface area contributed by atoms with E-state index in [2.05, 4.69) is 5.32 Å². The number of anilines is 2. The summed E-state index contributed by atoms with van der Waals surface area (Å²) in [6, 6.07) is 18.7. The van der Waals surface area contributed by atoms with Crippen LogP contribution in [0.2, 0.25) is 0 Å². The van der Waals surface area contributed by atoms with Crippen molar-refractivity contribution in [2.75, 3.05) is 30.4 Å². The maximum Gasteiger partial charge on any atom is 0.264 e. The van der Waals surface area contributed by atoms with Crippen LogP contribution in [0.4, 0.5) is 11.4 Å². The molecule has 0 saturated heterocycles. The lowest BCUT2D eigenvalue weighted by atomic mass is 10.0. The second-order valence-electron chi connectivity index (χ2n) is 7.36. The highest BCUT2D eigenvalue weighted by Crippen LogP contribution is 2.34. The Bertz CT molecular complexity index is 1240. The molecular weight excluding hydrogens is 428 g/mol. The van der Waals surface area contributed by atoms with Gasteiger partial charge in [0.2, 0.25) is 0 Å². The normalized spacial score (nSPS) is 13.2. The van der Waals surface area contributed by atoms with Crippen LogP contribution in [0.1, 0.15) is 22.3 Å². The minimum atomic E-state index is -3.70. The van der Waals surface area contributed by atoms with E-state index < -0.39 is 10.0 Å². The molecule has 3 aromatic rings. The van der Waals surface area contributed by atoms with E-state index in [1.54, 1.807) is 60.7 Å². The molecule has 0 aromatic heterocycles. The maximum absolute atomic E-state index is 13.3. The first-order valence-electron chi connectivity index (χ1n) is 10.2. The van der Waals surface area contributed by atoms with Crippen molar-refractivity contribution >= 4 is 27.3 Å². The molecule has 1 amide bonds. The van der Waals surface area contributed by atoms with Crippen molar-refractivity contribution in [2.24, 2.45) is 0 Å². The predicted octanol–water partition coefficient (Wildman–Crippen LogP) is 4.10. The number of benzene rings is 3. The summed E-state index contributed by atoms with van der Waals surface area (Å²) >= 11 is 0. The monoisotopic (exact) mass is 452 g/mol. The number of rotatable bonds is 6. The number of carbonyl (C=O) groups excluding carboxylic acids is 1. The average molecular weight is 453 g/mol. The van der Waals surface area contributed by atoms with E-state index in [0.29, 0.717) is 35.0 Å². The van der Waals surface area contributed by atoms with Crippen molar-refractivity contribution in [3.05, 3.63) is 77.9 Å². The number of aryl methyl sites for hydroxylation is 1. The van der Waals surface area contributed by atoms with Crippen LogP contribution in [-0.4, -0.2) is 35.1 Å². The van der Waals surface area contributed by atoms with Crippen molar-refractivity contribution < 1.29 is 22.7 Å². The van der Waals surface area contributed by atoms with Crippen molar-refractivity contribution in [1.29, 1.82) is 0 Å². The molecule has 0 unspecified atom stereocenters. The molecule has 3 aromatic carbocycles. The van der Waals surface area contributed by atoms with Crippen LogP contribution in [0.5, 0.6) is 11.5 Å². The Morgan fingerprint density at radius 2 is 1.75 bits per heavy atom. The molecule has 0 radical (unpaired) electrons. The van der Waals surface area contributed by atoms with Crippen LogP contribution < -0.4 is 19.1 Å². The van der Waals surface area contributed by atoms with Gasteiger partial charge >= 0.3 is 0 Å². The van der Waals surface area contributed by atoms with Gasteiger partial charge in [0.25, 0.3) is 15.9 Å². The van der Waals surface area contributed by atoms with Crippen LogP contribution in [0, 0.1) is 0 Å². The molecular formula is C24H24N2O5S. The lowest BCUT2D eigenvalue weighted by molar-refractivity contribution is 0.102. The summed E-state index contributed by atoms with van der Waals surface area (Å²) < 4.78 is 38.4. The fourth-order valence-electron chi connectivity index (χ4n) is 3.77. The molecule has 1 heterocycles. The SMILES string of the molecule is COc1ccc(C(=O)Nc2ccc3c(c2)N(S(=O)(=O)c2ccccc2)CCC3)c(OC)c1. The molecule has 32 heavy (non-hydrogen) atoms. The van der Waals surface area contributed by atoms with Gasteiger partial charge in [-0.15, -0.1) is 0 Å². The van der Waals surface area contributed by atoms with Crippen molar-refractivity contribution in [2.45, 2.75) is 17.7 Å². The Hall–Kier alpha value is -3.52. The van der Waals surface area contributed by atoms with Gasteiger partial charge in [-0.2, -0.15) is 0 Å². The fraction of sp³-hybridized carbons (Fsp3) is 0.208. The molecule has 7 nitrogen and oxygen atoms in total. The standard InChI is InChI=1S/C24H24N2O5S/c1-30-19-12-13-21(23(16-19)31-2)24(27)25-18-11-10-17-7-6-14-26(22(17)15-18)32(28,29)20-8-4-3-5-9-20/h3-5,8-13,15-16H,6-7,14H2,1-2H3,(H,25,27). The summed E-state index contributed by atoms with van der Waals surface area (Å²) in [6.45, 7) is 0.383. The van der Waals surface area contributed by atoms with Gasteiger partial charge in [0.1, 0.15) is 11.5 Å². The highest BCUT2D eigenvalue weighted by Gasteiger charge is 2.29. The number of nitrogens with one attached hydrogen (secondary N) is 1. The van der Waals surface area contributed by atoms with Gasteiger partial charge in [-0.25, -0.2) is 8.42 Å². The Kier molecular flexibility index (Phi) is 6.05. The number of nitrogens with zero attached hydrogens (tertiary/aromatic N) is 1. The minimum absolute atomic E-state index is 0.241. The molecule has 166 valence electrons. The second-order valence-corrected chi connectivity index (χ2v) is 9.22. The molecule has 1 aliphatic heterocycles. The Morgan fingerprint density at radius 1 is 0.969 bits per heavy atom. The van der Waals surface area contributed by atoms with Gasteiger partial charge in [0, 0.05) is 18.3 Å². The molecule has 0 fully saturated rings. The topological polar surface area (TPSA) is 84.9 Å². The van der Waals surface area contributed by atoms with Crippen LogP contribution in [0.3, 0.4) is 0 Å². The Morgan fingerprint density at radius 3 is 2.47 bits per heavy atom. The number of fused-ring (bicyclic) bond motifs is 1. The van der Waals surface area contributed by atoms with Gasteiger partial charge in [-0.1, -0.05) is 24.3 Å². The lowest BCUT2D eigenvalue weighted by Crippen LogP contribution is -2.35. The quantitative estimate of drug-likeness (QED) is 0.609. The van der Waals surface area contributed by atoms with Crippen LogP contribution >= 0.6 is 0 Å². The Balaban J connectivity index is 1.65. The zero-order chi connectivity index (χ0) is 22.7. The van der Waals surface area contributed by atoms with Crippen molar-refractivity contribution in [1.82, 2.24) is 0 Å². The second kappa shape index (κ2) is 8.92. The molecule has 0 bridgehead atoms. The van der Waals surface area contributed by atoms with Crippen molar-refractivity contribution in [3.63, 3.8) is 0 Å². The first kappa shape index (κ1) is 21.7. The third kappa shape index (κ3) is 4.13. The summed E-state index contributed by atoms with van der Waals surface area (Å²) in [5, 5.41) is 2.85. The maximum atomic E-state index is 13.3. The fourth-order valence-corrected chi connectivity index (χ4v) is 5.33. The third-order valence-corrected chi connectivity index (χ3v) is 7.23. The number of sulfonamides is 1. The third-order valence-electron chi connectivity index (χ3n) is 5.40. The van der Waals surface area contributed by atoms with E-state index in [0.717, 1.165) is 18.4 Å². The molecule has 0 spiro atoms. The van der Waals surface area contributed by atoms with Gasteiger partial charge < -0.3 is 14.8 Å². The number of hydrogen-bond donors (Lipinski definition) is 1. The number of carbonyl (C=O) groups is 1. The lowest BCUT2D eigenvalue weighted by Gasteiger charge is -2.31. The van der Waals surface area contributed by atoms with E-state index in [9.17, 15) is 13.2 Å². The summed E-state index contributed by atoms with van der Waals surface area (Å²) in [5.74, 6) is 0.597. The van der Waals surface area contributed by atoms with Gasteiger partial charge in [-0.05, 0) is 54.8 Å². The number of methoxy groups -OCH3 is 2. The van der Waals surface area contributed by atoms with E-state index in [-0.39, 0.29) is 10.8 Å². The van der Waals surface area contributed by atoms with Gasteiger partial charge in [-0.3, -0.25) is 9.10 Å². The van der Waals surface area contributed by atoms with Gasteiger partial charge in [0.05, 0.1) is 30.4 Å². The highest BCUT2D eigenvalue weighted by atomic mass is 32.2. The highest BCUT2D eigenvalue weighted by molar-refractivity contribution is 7.92. The summed E-state index contributed by atoms with van der Waals surface area (Å²) in [7, 11) is -0.683. The smallest absolute Gasteiger partial charge is 0.264 e. The summed E-state index contributed by atoms with van der Waals surface area (Å²) in [6.07, 6.45) is 1.50. The summed E-state index contributed by atoms with van der Waals surface area (Å²) in [4.78, 5) is 13.1. The van der Waals surface area contributed by atoms with Crippen LogP contribution in [0.15, 0.2) is 71.6 Å². The van der Waals surface area contributed by atoms with Crippen LogP contribution in [0.25, 0.3) is 0 Å². The molecule has 4 rings (SSSR count). The molecule has 0 atom stereocenters. The molecule has 0 aliphatic carbocycles. The molecule has 1 N–H and O–H groups in total. The van der Waals surface area contributed by atoms with Gasteiger partial charge in [0.15, 0.2) is 0 Å². The summed E-state index contributed by atoms with van der Waals surface area (Å²) in [5.41, 5.74) is 2.36. The van der Waals surface area contributed by atoms with E-state index in [1.807, 2.05) is 6.07 Å². The molecule has 1 aliphatic rings. The first-order chi connectivity index (χ1) is 15.4. The first-order valence-corrected chi connectivity index (χ1v) is 11.6. The Labute approximate surface area is 187 Å². The van der Waals surface area contributed by atoms with E-state index >= 15 is 0 Å². The zero-order valence-corrected chi connectivity index (χ0v) is 18.7. The number of hydrogen-bond acceptors (Lipinski definition) is 5. The minimum Gasteiger partial charge on any atom is -0.497 e.